The fourth-order valence-electron chi connectivity index (χ4n) is 4.80. The highest BCUT2D eigenvalue weighted by molar-refractivity contribution is 7.91. The van der Waals surface area contributed by atoms with Gasteiger partial charge in [0, 0.05) is 10.9 Å². The summed E-state index contributed by atoms with van der Waals surface area (Å²) in [6.45, 7) is 4.66. The SMILES string of the molecule is Cc1noc(C)c1-c1cc(S(=O)(=O)CC2CCCC2)c2cc(NC3COC3)c(=O)[nH]c2c1. The number of aromatic amines is 1. The van der Waals surface area contributed by atoms with Gasteiger partial charge >= 0.3 is 0 Å². The van der Waals surface area contributed by atoms with Crippen molar-refractivity contribution < 1.29 is 17.7 Å². The molecule has 3 aromatic rings. The van der Waals surface area contributed by atoms with Crippen LogP contribution in [0.1, 0.15) is 37.1 Å². The zero-order valence-electron chi connectivity index (χ0n) is 18.2. The summed E-state index contributed by atoms with van der Waals surface area (Å²) in [5.41, 5.74) is 2.63. The van der Waals surface area contributed by atoms with Gasteiger partial charge in [-0.2, -0.15) is 0 Å². The van der Waals surface area contributed by atoms with Crippen molar-refractivity contribution in [3.8, 4) is 11.1 Å². The molecule has 0 amide bonds. The van der Waals surface area contributed by atoms with Gasteiger partial charge in [-0.15, -0.1) is 0 Å². The second-order valence-electron chi connectivity index (χ2n) is 8.96. The van der Waals surface area contributed by atoms with Gasteiger partial charge in [-0.05, 0) is 56.4 Å². The summed E-state index contributed by atoms with van der Waals surface area (Å²) >= 11 is 0. The van der Waals surface area contributed by atoms with Crippen LogP contribution in [0.25, 0.3) is 22.0 Å². The zero-order chi connectivity index (χ0) is 22.5. The molecule has 1 aromatic carbocycles. The zero-order valence-corrected chi connectivity index (χ0v) is 19.0. The number of aromatic nitrogens is 2. The molecule has 32 heavy (non-hydrogen) atoms. The normalized spacial score (nSPS) is 17.7. The van der Waals surface area contributed by atoms with E-state index in [1.807, 2.05) is 6.92 Å². The second-order valence-corrected chi connectivity index (χ2v) is 11.0. The maximum Gasteiger partial charge on any atom is 0.271 e. The Morgan fingerprint density at radius 3 is 2.53 bits per heavy atom. The van der Waals surface area contributed by atoms with Gasteiger partial charge in [-0.25, -0.2) is 8.42 Å². The Bertz CT molecular complexity index is 1310. The van der Waals surface area contributed by atoms with Crippen LogP contribution in [0.3, 0.4) is 0 Å². The number of benzene rings is 1. The smallest absolute Gasteiger partial charge is 0.271 e. The number of aryl methyl sites for hydroxylation is 2. The molecule has 3 heterocycles. The van der Waals surface area contributed by atoms with Crippen molar-refractivity contribution in [2.45, 2.75) is 50.5 Å². The summed E-state index contributed by atoms with van der Waals surface area (Å²) in [6.07, 6.45) is 4.02. The van der Waals surface area contributed by atoms with Gasteiger partial charge in [-0.1, -0.05) is 18.0 Å². The Kier molecular flexibility index (Phi) is 5.33. The number of sulfone groups is 1. The Morgan fingerprint density at radius 2 is 1.91 bits per heavy atom. The van der Waals surface area contributed by atoms with Crippen LogP contribution < -0.4 is 10.9 Å². The Labute approximate surface area is 186 Å². The molecule has 2 aromatic heterocycles. The molecule has 1 saturated heterocycles. The van der Waals surface area contributed by atoms with E-state index < -0.39 is 9.84 Å². The molecule has 0 radical (unpaired) electrons. The van der Waals surface area contributed by atoms with E-state index in [-0.39, 0.29) is 28.2 Å². The van der Waals surface area contributed by atoms with Crippen LogP contribution in [0.15, 0.2) is 32.4 Å². The van der Waals surface area contributed by atoms with Crippen LogP contribution in [-0.4, -0.2) is 43.6 Å². The lowest BCUT2D eigenvalue weighted by molar-refractivity contribution is 0.0210. The lowest BCUT2D eigenvalue weighted by Gasteiger charge is -2.27. The fourth-order valence-corrected chi connectivity index (χ4v) is 6.74. The molecule has 8 nitrogen and oxygen atoms in total. The van der Waals surface area contributed by atoms with Crippen LogP contribution in [0.2, 0.25) is 0 Å². The standard InChI is InChI=1S/C23H27N3O5S/c1-13-22(14(2)31-26-13)16-7-19-18(9-20(23(27)25-19)24-17-10-30-11-17)21(8-16)32(28,29)12-15-5-3-4-6-15/h7-9,15,17,24H,3-6,10-12H2,1-2H3,(H,25,27). The second kappa shape index (κ2) is 8.04. The molecule has 0 bridgehead atoms. The predicted molar refractivity (Wildman–Crippen MR) is 122 cm³/mol. The Balaban J connectivity index is 1.69. The maximum atomic E-state index is 13.6. The van der Waals surface area contributed by atoms with E-state index in [2.05, 4.69) is 15.5 Å². The molecular formula is C23H27N3O5S. The average molecular weight is 458 g/mol. The number of nitrogens with one attached hydrogen (secondary N) is 2. The van der Waals surface area contributed by atoms with Crippen molar-refractivity contribution in [3.05, 3.63) is 40.0 Å². The third-order valence-electron chi connectivity index (χ3n) is 6.51. The highest BCUT2D eigenvalue weighted by Gasteiger charge is 2.28. The first-order chi connectivity index (χ1) is 15.3. The summed E-state index contributed by atoms with van der Waals surface area (Å²) in [7, 11) is -3.58. The van der Waals surface area contributed by atoms with E-state index in [4.69, 9.17) is 9.26 Å². The van der Waals surface area contributed by atoms with E-state index in [1.54, 1.807) is 25.1 Å². The minimum atomic E-state index is -3.58. The minimum absolute atomic E-state index is 0.0497. The molecule has 5 rings (SSSR count). The largest absolute Gasteiger partial charge is 0.377 e. The maximum absolute atomic E-state index is 13.6. The molecule has 1 saturated carbocycles. The highest BCUT2D eigenvalue weighted by Crippen LogP contribution is 2.36. The summed E-state index contributed by atoms with van der Waals surface area (Å²) in [4.78, 5) is 15.9. The van der Waals surface area contributed by atoms with Crippen molar-refractivity contribution in [3.63, 3.8) is 0 Å². The molecule has 170 valence electrons. The number of hydrogen-bond donors (Lipinski definition) is 2. The third kappa shape index (κ3) is 3.84. The van der Waals surface area contributed by atoms with Gasteiger partial charge in [0.1, 0.15) is 11.4 Å². The topological polar surface area (TPSA) is 114 Å². The van der Waals surface area contributed by atoms with Gasteiger partial charge < -0.3 is 19.6 Å². The number of nitrogens with zero attached hydrogens (tertiary/aromatic N) is 1. The minimum Gasteiger partial charge on any atom is -0.377 e. The van der Waals surface area contributed by atoms with Crippen molar-refractivity contribution in [1.82, 2.24) is 10.1 Å². The van der Waals surface area contributed by atoms with E-state index in [0.717, 1.165) is 31.2 Å². The van der Waals surface area contributed by atoms with Crippen molar-refractivity contribution in [2.24, 2.45) is 5.92 Å². The predicted octanol–water partition coefficient (Wildman–Crippen LogP) is 3.57. The number of ether oxygens (including phenoxy) is 1. The van der Waals surface area contributed by atoms with Crippen LogP contribution in [0, 0.1) is 19.8 Å². The number of pyridine rings is 1. The number of H-pyrrole nitrogens is 1. The fraction of sp³-hybridized carbons (Fsp3) is 0.478. The summed E-state index contributed by atoms with van der Waals surface area (Å²) < 4.78 is 37.7. The van der Waals surface area contributed by atoms with Crippen LogP contribution in [-0.2, 0) is 14.6 Å². The van der Waals surface area contributed by atoms with Crippen LogP contribution in [0.5, 0.6) is 0 Å². The van der Waals surface area contributed by atoms with Crippen molar-refractivity contribution >= 4 is 26.4 Å². The summed E-state index contributed by atoms with van der Waals surface area (Å²) in [6, 6.07) is 5.21. The number of rotatable bonds is 6. The van der Waals surface area contributed by atoms with Gasteiger partial charge in [-0.3, -0.25) is 4.79 Å². The highest BCUT2D eigenvalue weighted by atomic mass is 32.2. The Morgan fingerprint density at radius 1 is 1.16 bits per heavy atom. The molecule has 2 fully saturated rings. The van der Waals surface area contributed by atoms with E-state index in [0.29, 0.717) is 46.8 Å². The first kappa shape index (κ1) is 21.2. The van der Waals surface area contributed by atoms with Gasteiger partial charge in [0.05, 0.1) is 41.1 Å². The molecule has 9 heteroatoms. The van der Waals surface area contributed by atoms with Gasteiger partial charge in [0.25, 0.3) is 5.56 Å². The van der Waals surface area contributed by atoms with Crippen molar-refractivity contribution in [2.75, 3.05) is 24.3 Å². The molecule has 1 aliphatic heterocycles. The van der Waals surface area contributed by atoms with Gasteiger partial charge in [0.15, 0.2) is 9.84 Å². The van der Waals surface area contributed by atoms with E-state index in [1.165, 1.54) is 0 Å². The number of fused-ring (bicyclic) bond motifs is 1. The van der Waals surface area contributed by atoms with E-state index >= 15 is 0 Å². The molecule has 2 N–H and O–H groups in total. The monoisotopic (exact) mass is 457 g/mol. The number of hydrogen-bond acceptors (Lipinski definition) is 7. The quantitative estimate of drug-likeness (QED) is 0.581. The molecule has 0 spiro atoms. The van der Waals surface area contributed by atoms with Crippen molar-refractivity contribution in [1.29, 1.82) is 0 Å². The molecule has 0 unspecified atom stereocenters. The summed E-state index contributed by atoms with van der Waals surface area (Å²) in [5, 5.41) is 7.69. The first-order valence-corrected chi connectivity index (χ1v) is 12.7. The molecular weight excluding hydrogens is 430 g/mol. The molecule has 1 aliphatic carbocycles. The average Bonchev–Trinajstić information content (AvgIpc) is 3.33. The lowest BCUT2D eigenvalue weighted by Crippen LogP contribution is -2.41. The molecule has 0 atom stereocenters. The van der Waals surface area contributed by atoms with Crippen LogP contribution >= 0.6 is 0 Å². The number of anilines is 1. The lowest BCUT2D eigenvalue weighted by atomic mass is 10.0. The molecule has 2 aliphatic rings. The van der Waals surface area contributed by atoms with Crippen LogP contribution in [0.4, 0.5) is 5.69 Å². The third-order valence-corrected chi connectivity index (χ3v) is 8.43. The van der Waals surface area contributed by atoms with E-state index in [9.17, 15) is 13.2 Å². The summed E-state index contributed by atoms with van der Waals surface area (Å²) in [5.74, 6) is 0.891. The Hall–Kier alpha value is -2.65. The van der Waals surface area contributed by atoms with Gasteiger partial charge in [0.2, 0.25) is 0 Å². The first-order valence-electron chi connectivity index (χ1n) is 11.0.